The van der Waals surface area contributed by atoms with Crippen molar-refractivity contribution in [3.8, 4) is 0 Å². The van der Waals surface area contributed by atoms with Crippen molar-refractivity contribution in [2.45, 2.75) is 192 Å². The summed E-state index contributed by atoms with van der Waals surface area (Å²) in [6.07, 6.45) is -8.27. The average Bonchev–Trinajstić information content (AvgIpc) is 3.08. The van der Waals surface area contributed by atoms with Gasteiger partial charge in [-0.25, -0.2) is 0 Å². The van der Waals surface area contributed by atoms with Gasteiger partial charge in [-0.1, -0.05) is 20.8 Å². The average molecular weight is 791 g/mol. The Hall–Kier alpha value is -1.50. The molecule has 18 atom stereocenters. The zero-order valence-electron chi connectivity index (χ0n) is 36.1. The molecule has 15 nitrogen and oxygen atoms in total. The largest absolute Gasteiger partial charge is 0.459 e. The molecule has 3 rings (SSSR count). The van der Waals surface area contributed by atoms with Crippen LogP contribution < -0.4 is 0 Å². The predicted molar refractivity (Wildman–Crippen MR) is 204 cm³/mol. The zero-order chi connectivity index (χ0) is 42.0. The highest BCUT2D eigenvalue weighted by Gasteiger charge is 2.53. The summed E-state index contributed by atoms with van der Waals surface area (Å²) in [6.45, 7) is 19.3. The molecule has 0 aliphatic carbocycles. The van der Waals surface area contributed by atoms with Crippen LogP contribution in [0, 0.1) is 17.8 Å². The van der Waals surface area contributed by atoms with Crippen LogP contribution in [-0.4, -0.2) is 167 Å². The molecule has 0 aromatic rings. The molecule has 0 radical (unpaired) electrons. The highest BCUT2D eigenvalue weighted by molar-refractivity contribution is 5.73. The van der Waals surface area contributed by atoms with E-state index >= 15 is 0 Å². The predicted octanol–water partition coefficient (Wildman–Crippen LogP) is 2.47. The number of cyclic esters (lactones) is 1. The van der Waals surface area contributed by atoms with Crippen LogP contribution in [0.5, 0.6) is 0 Å². The summed E-state index contributed by atoms with van der Waals surface area (Å²) in [5.41, 5.74) is -4.43. The molecule has 0 aromatic heterocycles. The summed E-state index contributed by atoms with van der Waals surface area (Å²) in [7, 11) is 7.11. The third-order valence-electron chi connectivity index (χ3n) is 12.5. The molecule has 3 aliphatic rings. The molecule has 55 heavy (non-hydrogen) atoms. The van der Waals surface area contributed by atoms with Crippen molar-refractivity contribution >= 4 is 11.9 Å². The first kappa shape index (κ1) is 47.9. The van der Waals surface area contributed by atoms with E-state index in [4.69, 9.17) is 33.2 Å². The number of hydrogen-bond acceptors (Lipinski definition) is 15. The number of hydrogen-bond donors (Lipinski definition) is 4. The number of rotatable bonds is 8. The van der Waals surface area contributed by atoms with E-state index in [0.717, 1.165) is 0 Å². The molecule has 0 amide bonds. The van der Waals surface area contributed by atoms with E-state index in [-0.39, 0.29) is 37.3 Å². The van der Waals surface area contributed by atoms with Crippen molar-refractivity contribution in [1.82, 2.24) is 9.80 Å². The fourth-order valence-electron chi connectivity index (χ4n) is 9.12. The number of nitrogens with zero attached hydrogens (tertiary/aromatic N) is 2. The number of aliphatic hydroxyl groups excluding tert-OH is 2. The van der Waals surface area contributed by atoms with Crippen LogP contribution >= 0.6 is 0 Å². The first-order valence-electron chi connectivity index (χ1n) is 20.0. The molecule has 15 heteroatoms. The highest BCUT2D eigenvalue weighted by atomic mass is 16.7. The fraction of sp³-hybridized carbons (Fsp3) is 0.950. The van der Waals surface area contributed by atoms with Gasteiger partial charge in [0.15, 0.2) is 12.6 Å². The SMILES string of the molecule is CC[C@H]1OC(=O)[C@H](C)[C@@H](O[C@H]2C[C@@](C)(OC)[C@@H](O)[C@H](C)O2)[C@H](C)[C@@H](O[C@@H]2O[C@H](C)C[C@H](N(C)C)[C@H]2O)[C@@](C)(O)C[C@@H](C)CN(C)[C@H](C)[C@@H](OC(C)=O)[C@]1(C)O. The van der Waals surface area contributed by atoms with Crippen LogP contribution in [0.3, 0.4) is 0 Å². The van der Waals surface area contributed by atoms with Gasteiger partial charge in [-0.2, -0.15) is 0 Å². The summed E-state index contributed by atoms with van der Waals surface area (Å²) in [6, 6.07) is -0.819. The molecule has 0 spiro atoms. The van der Waals surface area contributed by atoms with Crippen LogP contribution in [0.15, 0.2) is 0 Å². The van der Waals surface area contributed by atoms with E-state index in [1.807, 2.05) is 58.6 Å². The van der Waals surface area contributed by atoms with Crippen molar-refractivity contribution in [2.75, 3.05) is 34.8 Å². The third kappa shape index (κ3) is 11.2. The van der Waals surface area contributed by atoms with Crippen LogP contribution in [0.1, 0.15) is 102 Å². The van der Waals surface area contributed by atoms with Crippen LogP contribution in [0.25, 0.3) is 0 Å². The molecule has 4 N–H and O–H groups in total. The fourth-order valence-corrected chi connectivity index (χ4v) is 9.12. The number of methoxy groups -OCH3 is 1. The van der Waals surface area contributed by atoms with Crippen LogP contribution in [0.2, 0.25) is 0 Å². The van der Waals surface area contributed by atoms with Gasteiger partial charge in [-0.05, 0) is 94.8 Å². The maximum absolute atomic E-state index is 14.4. The molecule has 3 heterocycles. The number of esters is 2. The van der Waals surface area contributed by atoms with Crippen molar-refractivity contribution in [1.29, 1.82) is 0 Å². The molecular weight excluding hydrogens is 716 g/mol. The second-order valence-electron chi connectivity index (χ2n) is 17.8. The summed E-state index contributed by atoms with van der Waals surface area (Å²) < 4.78 is 43.5. The Morgan fingerprint density at radius 2 is 1.60 bits per heavy atom. The lowest BCUT2D eigenvalue weighted by molar-refractivity contribution is -0.318. The molecule has 3 fully saturated rings. The van der Waals surface area contributed by atoms with E-state index in [9.17, 15) is 30.0 Å². The normalized spacial score (nSPS) is 47.4. The van der Waals surface area contributed by atoms with Gasteiger partial charge in [0.25, 0.3) is 0 Å². The molecule has 3 aliphatic heterocycles. The Morgan fingerprint density at radius 1 is 0.982 bits per heavy atom. The van der Waals surface area contributed by atoms with Crippen molar-refractivity contribution < 1.29 is 63.2 Å². The van der Waals surface area contributed by atoms with Gasteiger partial charge in [0.2, 0.25) is 0 Å². The Labute approximate surface area is 329 Å². The molecule has 0 saturated carbocycles. The number of carbonyl (C=O) groups is 2. The van der Waals surface area contributed by atoms with Gasteiger partial charge in [-0.15, -0.1) is 0 Å². The number of ether oxygens (including phenoxy) is 7. The van der Waals surface area contributed by atoms with Gasteiger partial charge in [0, 0.05) is 45.0 Å². The lowest BCUT2D eigenvalue weighted by Gasteiger charge is -2.48. The Bertz CT molecular complexity index is 1250. The standard InChI is InChI=1S/C40H74N2O13/c1-16-29-40(11,48)35(52-27(8)43)25(6)42(14)20-21(2)18-38(9,47)34(55-37-31(44)28(41(12)13)17-22(3)50-37)23(4)32(24(5)36(46)53-29)54-30-19-39(10,49-15)33(45)26(7)51-30/h21-26,28-35,37,44-45,47-48H,16-20H2,1-15H3/t21-,22-,23+,24-,25-,26+,28+,29-,30+,31-,32+,33+,34-,35-,37+,38+,39-,40-/m1/s1. The quantitative estimate of drug-likeness (QED) is 0.263. The van der Waals surface area contributed by atoms with Crippen molar-refractivity contribution in [2.24, 2.45) is 17.8 Å². The monoisotopic (exact) mass is 791 g/mol. The first-order chi connectivity index (χ1) is 25.3. The lowest BCUT2D eigenvalue weighted by atomic mass is 9.77. The Kier molecular flexibility index (Phi) is 16.6. The molecule has 0 unspecified atom stereocenters. The minimum absolute atomic E-state index is 0.117. The summed E-state index contributed by atoms with van der Waals surface area (Å²) in [4.78, 5) is 30.7. The van der Waals surface area contributed by atoms with Gasteiger partial charge in [-0.3, -0.25) is 14.5 Å². The van der Waals surface area contributed by atoms with E-state index in [1.54, 1.807) is 34.6 Å². The number of aliphatic hydroxyl groups is 4. The zero-order valence-corrected chi connectivity index (χ0v) is 36.1. The van der Waals surface area contributed by atoms with E-state index in [1.165, 1.54) is 21.0 Å². The topological polar surface area (TPSA) is 186 Å². The maximum atomic E-state index is 14.4. The second-order valence-corrected chi connectivity index (χ2v) is 17.8. The first-order valence-corrected chi connectivity index (χ1v) is 20.0. The second kappa shape index (κ2) is 19.0. The van der Waals surface area contributed by atoms with Crippen molar-refractivity contribution in [3.05, 3.63) is 0 Å². The highest BCUT2D eigenvalue weighted by Crippen LogP contribution is 2.40. The molecular formula is C40H74N2O13. The Balaban J connectivity index is 2.21. The smallest absolute Gasteiger partial charge is 0.311 e. The van der Waals surface area contributed by atoms with E-state index < -0.39 is 102 Å². The van der Waals surface area contributed by atoms with Gasteiger partial charge in [0.1, 0.15) is 30.0 Å². The van der Waals surface area contributed by atoms with Crippen LogP contribution in [-0.2, 0) is 42.7 Å². The maximum Gasteiger partial charge on any atom is 0.311 e. The minimum atomic E-state index is -1.81. The molecule has 322 valence electrons. The van der Waals surface area contributed by atoms with E-state index in [2.05, 4.69) is 0 Å². The van der Waals surface area contributed by atoms with Gasteiger partial charge >= 0.3 is 11.9 Å². The van der Waals surface area contributed by atoms with E-state index in [0.29, 0.717) is 13.0 Å². The number of likely N-dealkylation sites (N-methyl/N-ethyl adjacent to an activating group) is 2. The molecule has 0 aromatic carbocycles. The lowest BCUT2D eigenvalue weighted by Crippen LogP contribution is -2.60. The summed E-state index contributed by atoms with van der Waals surface area (Å²) in [5.74, 6) is -3.29. The third-order valence-corrected chi connectivity index (χ3v) is 12.5. The molecule has 3 saturated heterocycles. The summed E-state index contributed by atoms with van der Waals surface area (Å²) >= 11 is 0. The summed E-state index contributed by atoms with van der Waals surface area (Å²) in [5, 5.41) is 47.3. The van der Waals surface area contributed by atoms with Crippen molar-refractivity contribution in [3.63, 3.8) is 0 Å². The molecule has 0 bridgehead atoms. The Morgan fingerprint density at radius 3 is 2.15 bits per heavy atom. The number of carbonyl (C=O) groups excluding carboxylic acids is 2. The minimum Gasteiger partial charge on any atom is -0.459 e. The van der Waals surface area contributed by atoms with Gasteiger partial charge < -0.3 is 58.5 Å². The van der Waals surface area contributed by atoms with Gasteiger partial charge in [0.05, 0.1) is 41.5 Å². The van der Waals surface area contributed by atoms with Crippen LogP contribution in [0.4, 0.5) is 0 Å².